The molecule has 0 N–H and O–H groups in total. The number of ether oxygens (including phenoxy) is 3. The number of rotatable bonds is 7. The minimum atomic E-state index is -0.180. The number of epoxide rings is 1. The fraction of sp³-hybridized carbons (Fsp3) is 0.857. The van der Waals surface area contributed by atoms with E-state index in [0.717, 1.165) is 6.61 Å². The molecular weight excluding hydrogens is 216 g/mol. The molecule has 1 heterocycles. The predicted molar refractivity (Wildman–Crippen MR) is 66.8 cm³/mol. The van der Waals surface area contributed by atoms with Gasteiger partial charge >= 0.3 is 0 Å². The molecule has 3 nitrogen and oxygen atoms in total. The lowest BCUT2D eigenvalue weighted by atomic mass is 9.78. The average molecular weight is 240 g/mol. The summed E-state index contributed by atoms with van der Waals surface area (Å²) in [6, 6.07) is 0. The molecule has 0 radical (unpaired) electrons. The fourth-order valence-electron chi connectivity index (χ4n) is 2.66. The average Bonchev–Trinajstić information content (AvgIpc) is 3.19. The van der Waals surface area contributed by atoms with Crippen molar-refractivity contribution in [2.24, 2.45) is 5.92 Å². The Kier molecular flexibility index (Phi) is 4.46. The lowest BCUT2D eigenvalue weighted by Crippen LogP contribution is -2.43. The molecule has 0 aromatic heterocycles. The highest BCUT2D eigenvalue weighted by Gasteiger charge is 2.38. The van der Waals surface area contributed by atoms with Crippen molar-refractivity contribution in [2.45, 2.75) is 50.7 Å². The minimum absolute atomic E-state index is 0.180. The Morgan fingerprint density at radius 2 is 2.06 bits per heavy atom. The van der Waals surface area contributed by atoms with Crippen LogP contribution in [0.2, 0.25) is 0 Å². The smallest absolute Gasteiger partial charge is 0.116 e. The Bertz CT molecular complexity index is 244. The second kappa shape index (κ2) is 5.87. The highest BCUT2D eigenvalue weighted by atomic mass is 16.6. The van der Waals surface area contributed by atoms with Gasteiger partial charge in [0, 0.05) is 0 Å². The summed E-state index contributed by atoms with van der Waals surface area (Å²) in [5.41, 5.74) is -0.180. The second-order valence-electron chi connectivity index (χ2n) is 5.39. The molecule has 0 bridgehead atoms. The monoisotopic (exact) mass is 240 g/mol. The Morgan fingerprint density at radius 1 is 1.35 bits per heavy atom. The summed E-state index contributed by atoms with van der Waals surface area (Å²) in [6.07, 6.45) is 8.33. The molecule has 1 aliphatic heterocycles. The van der Waals surface area contributed by atoms with Crippen molar-refractivity contribution in [3.8, 4) is 0 Å². The van der Waals surface area contributed by atoms with Crippen LogP contribution in [-0.2, 0) is 14.2 Å². The zero-order valence-electron chi connectivity index (χ0n) is 10.8. The SMILES string of the molecule is C=COCC(C)(OCC1CO1)C1CCCCC1. The molecule has 1 aliphatic carbocycles. The van der Waals surface area contributed by atoms with Gasteiger partial charge in [0.05, 0.1) is 19.5 Å². The van der Waals surface area contributed by atoms with Crippen LogP contribution in [0.15, 0.2) is 12.8 Å². The van der Waals surface area contributed by atoms with E-state index >= 15 is 0 Å². The highest BCUT2D eigenvalue weighted by Crippen LogP contribution is 2.36. The summed E-state index contributed by atoms with van der Waals surface area (Å²) in [7, 11) is 0. The van der Waals surface area contributed by atoms with E-state index in [1.165, 1.54) is 38.4 Å². The van der Waals surface area contributed by atoms with Crippen molar-refractivity contribution in [3.05, 3.63) is 12.8 Å². The van der Waals surface area contributed by atoms with Gasteiger partial charge in [-0.3, -0.25) is 0 Å². The van der Waals surface area contributed by atoms with Gasteiger partial charge in [0.25, 0.3) is 0 Å². The molecule has 2 aliphatic rings. The summed E-state index contributed by atoms with van der Waals surface area (Å²) in [5, 5.41) is 0. The van der Waals surface area contributed by atoms with Crippen molar-refractivity contribution in [3.63, 3.8) is 0 Å². The summed E-state index contributed by atoms with van der Waals surface area (Å²) in [5.74, 6) is 0.606. The van der Waals surface area contributed by atoms with Crippen molar-refractivity contribution in [1.29, 1.82) is 0 Å². The molecule has 1 saturated heterocycles. The van der Waals surface area contributed by atoms with Crippen LogP contribution < -0.4 is 0 Å². The first-order valence-electron chi connectivity index (χ1n) is 6.73. The largest absolute Gasteiger partial charge is 0.499 e. The molecule has 2 fully saturated rings. The van der Waals surface area contributed by atoms with E-state index in [2.05, 4.69) is 13.5 Å². The van der Waals surface area contributed by atoms with Crippen LogP contribution in [-0.4, -0.2) is 31.5 Å². The van der Waals surface area contributed by atoms with E-state index in [0.29, 0.717) is 25.2 Å². The first-order chi connectivity index (χ1) is 8.24. The summed E-state index contributed by atoms with van der Waals surface area (Å²) in [4.78, 5) is 0. The molecule has 0 spiro atoms. The van der Waals surface area contributed by atoms with E-state index < -0.39 is 0 Å². The summed E-state index contributed by atoms with van der Waals surface area (Å²) in [6.45, 7) is 7.95. The third kappa shape index (κ3) is 3.71. The van der Waals surface area contributed by atoms with Crippen molar-refractivity contribution >= 4 is 0 Å². The maximum atomic E-state index is 6.10. The lowest BCUT2D eigenvalue weighted by molar-refractivity contribution is -0.117. The molecule has 2 rings (SSSR count). The fourth-order valence-corrected chi connectivity index (χ4v) is 2.66. The maximum absolute atomic E-state index is 6.10. The standard InChI is InChI=1S/C14H24O3/c1-3-15-11-14(2,17-10-13-9-16-13)12-7-5-4-6-8-12/h3,12-13H,1,4-11H2,2H3. The predicted octanol–water partition coefficient (Wildman–Crippen LogP) is 2.90. The molecule has 0 aromatic rings. The normalized spacial score (nSPS) is 28.4. The molecule has 2 unspecified atom stereocenters. The zero-order valence-corrected chi connectivity index (χ0v) is 10.8. The van der Waals surface area contributed by atoms with Gasteiger partial charge < -0.3 is 14.2 Å². The van der Waals surface area contributed by atoms with Crippen LogP contribution in [0.5, 0.6) is 0 Å². The van der Waals surface area contributed by atoms with Gasteiger partial charge in [-0.05, 0) is 25.7 Å². The third-order valence-corrected chi connectivity index (χ3v) is 3.96. The minimum Gasteiger partial charge on any atom is -0.499 e. The van der Waals surface area contributed by atoms with Gasteiger partial charge in [0.1, 0.15) is 18.3 Å². The molecule has 0 aromatic carbocycles. The van der Waals surface area contributed by atoms with E-state index in [-0.39, 0.29) is 5.60 Å². The van der Waals surface area contributed by atoms with Gasteiger partial charge in [0.15, 0.2) is 0 Å². The van der Waals surface area contributed by atoms with Gasteiger partial charge in [-0.2, -0.15) is 0 Å². The molecular formula is C14H24O3. The number of hydrogen-bond donors (Lipinski definition) is 0. The topological polar surface area (TPSA) is 31.0 Å². The second-order valence-corrected chi connectivity index (χ2v) is 5.39. The maximum Gasteiger partial charge on any atom is 0.116 e. The van der Waals surface area contributed by atoms with Gasteiger partial charge in [-0.1, -0.05) is 25.8 Å². The quantitative estimate of drug-likeness (QED) is 0.506. The van der Waals surface area contributed by atoms with Crippen LogP contribution in [0.4, 0.5) is 0 Å². The van der Waals surface area contributed by atoms with Crippen molar-refractivity contribution in [1.82, 2.24) is 0 Å². The zero-order chi connectivity index (χ0) is 12.1. The van der Waals surface area contributed by atoms with Crippen LogP contribution in [0.1, 0.15) is 39.0 Å². The Hall–Kier alpha value is -0.540. The summed E-state index contributed by atoms with van der Waals surface area (Å²) < 4.78 is 16.7. The molecule has 2 atom stereocenters. The molecule has 1 saturated carbocycles. The van der Waals surface area contributed by atoms with Crippen molar-refractivity contribution < 1.29 is 14.2 Å². The molecule has 17 heavy (non-hydrogen) atoms. The van der Waals surface area contributed by atoms with Gasteiger partial charge in [-0.15, -0.1) is 0 Å². The lowest BCUT2D eigenvalue weighted by Gasteiger charge is -2.39. The Morgan fingerprint density at radius 3 is 2.65 bits per heavy atom. The van der Waals surface area contributed by atoms with E-state index in [1.54, 1.807) is 0 Å². The first-order valence-corrected chi connectivity index (χ1v) is 6.73. The van der Waals surface area contributed by atoms with E-state index in [9.17, 15) is 0 Å². The van der Waals surface area contributed by atoms with Gasteiger partial charge in [0.2, 0.25) is 0 Å². The van der Waals surface area contributed by atoms with Crippen LogP contribution in [0.3, 0.4) is 0 Å². The first kappa shape index (κ1) is 12.9. The van der Waals surface area contributed by atoms with E-state index in [1.807, 2.05) is 0 Å². The summed E-state index contributed by atoms with van der Waals surface area (Å²) >= 11 is 0. The molecule has 3 heteroatoms. The molecule has 98 valence electrons. The van der Waals surface area contributed by atoms with Crippen LogP contribution in [0, 0.1) is 5.92 Å². The highest BCUT2D eigenvalue weighted by molar-refractivity contribution is 4.88. The van der Waals surface area contributed by atoms with Crippen LogP contribution >= 0.6 is 0 Å². The Labute approximate surface area is 104 Å². The van der Waals surface area contributed by atoms with Crippen LogP contribution in [0.25, 0.3) is 0 Å². The number of hydrogen-bond acceptors (Lipinski definition) is 3. The van der Waals surface area contributed by atoms with Crippen molar-refractivity contribution in [2.75, 3.05) is 19.8 Å². The Balaban J connectivity index is 1.89. The molecule has 0 amide bonds. The van der Waals surface area contributed by atoms with Gasteiger partial charge in [-0.25, -0.2) is 0 Å². The van der Waals surface area contributed by atoms with E-state index in [4.69, 9.17) is 14.2 Å². The third-order valence-electron chi connectivity index (χ3n) is 3.96.